The van der Waals surface area contributed by atoms with E-state index in [1.807, 2.05) is 45.2 Å². The first-order valence-electron chi connectivity index (χ1n) is 8.81. The maximum absolute atomic E-state index is 12.3. The molecule has 5 nitrogen and oxygen atoms in total. The molecule has 1 N–H and O–H groups in total. The van der Waals surface area contributed by atoms with E-state index in [9.17, 15) is 4.79 Å². The van der Waals surface area contributed by atoms with Gasteiger partial charge in [-0.3, -0.25) is 4.79 Å². The van der Waals surface area contributed by atoms with E-state index in [0.717, 1.165) is 40.4 Å². The van der Waals surface area contributed by atoms with E-state index in [-0.39, 0.29) is 11.8 Å². The Morgan fingerprint density at radius 1 is 1.12 bits per heavy atom. The predicted octanol–water partition coefficient (Wildman–Crippen LogP) is 3.30. The number of ether oxygens (including phenoxy) is 1. The molecule has 1 atom stereocenters. The second kappa shape index (κ2) is 7.38. The van der Waals surface area contributed by atoms with E-state index in [1.165, 1.54) is 0 Å². The monoisotopic (exact) mass is 353 g/mol. The Balaban J connectivity index is 2.03. The number of carbonyl (C=O) groups is 1. The highest BCUT2D eigenvalue weighted by Crippen LogP contribution is 2.40. The number of methoxy groups -OCH3 is 1. The Hall–Kier alpha value is -2.53. The van der Waals surface area contributed by atoms with Crippen molar-refractivity contribution in [3.05, 3.63) is 53.1 Å². The molecule has 0 saturated carbocycles. The third-order valence-electron chi connectivity index (χ3n) is 4.79. The summed E-state index contributed by atoms with van der Waals surface area (Å²) in [5.74, 6) is 0.996. The van der Waals surface area contributed by atoms with Gasteiger partial charge in [-0.2, -0.15) is 0 Å². The number of fused-ring (bicyclic) bond motifs is 1. The second-order valence-electron chi connectivity index (χ2n) is 7.28. The summed E-state index contributed by atoms with van der Waals surface area (Å²) in [5, 5.41) is 3.03. The number of rotatable bonds is 5. The quantitative estimate of drug-likeness (QED) is 0.896. The molecule has 1 aliphatic heterocycles. The molecule has 5 heteroatoms. The van der Waals surface area contributed by atoms with Crippen molar-refractivity contribution in [2.75, 3.05) is 45.5 Å². The van der Waals surface area contributed by atoms with Crippen molar-refractivity contribution in [3.8, 4) is 5.75 Å². The Labute approximate surface area is 155 Å². The number of amides is 1. The van der Waals surface area contributed by atoms with Crippen molar-refractivity contribution < 1.29 is 9.53 Å². The molecule has 1 unspecified atom stereocenters. The third kappa shape index (κ3) is 3.68. The minimum Gasteiger partial charge on any atom is -0.496 e. The predicted molar refractivity (Wildman–Crippen MR) is 106 cm³/mol. The summed E-state index contributed by atoms with van der Waals surface area (Å²) in [6.45, 7) is 0.794. The van der Waals surface area contributed by atoms with Gasteiger partial charge in [-0.1, -0.05) is 18.2 Å². The van der Waals surface area contributed by atoms with Crippen molar-refractivity contribution >= 4 is 17.3 Å². The molecular formula is C21H27N3O2. The van der Waals surface area contributed by atoms with Gasteiger partial charge in [0, 0.05) is 49.9 Å². The lowest BCUT2D eigenvalue weighted by atomic mass is 9.84. The van der Waals surface area contributed by atoms with Gasteiger partial charge in [0.1, 0.15) is 5.75 Å². The number of nitrogens with one attached hydrogen (secondary N) is 1. The highest BCUT2D eigenvalue weighted by molar-refractivity contribution is 5.96. The lowest BCUT2D eigenvalue weighted by Crippen LogP contribution is -2.24. The topological polar surface area (TPSA) is 44.8 Å². The molecule has 138 valence electrons. The molecule has 0 fully saturated rings. The fraction of sp³-hybridized carbons (Fsp3) is 0.381. The molecule has 0 aromatic heterocycles. The van der Waals surface area contributed by atoms with Crippen LogP contribution in [0.5, 0.6) is 5.75 Å². The smallest absolute Gasteiger partial charge is 0.225 e. The van der Waals surface area contributed by atoms with Crippen LogP contribution in [0.1, 0.15) is 29.0 Å². The van der Waals surface area contributed by atoms with Crippen LogP contribution in [0.25, 0.3) is 0 Å². The van der Waals surface area contributed by atoms with Gasteiger partial charge >= 0.3 is 0 Å². The van der Waals surface area contributed by atoms with Crippen molar-refractivity contribution in [1.82, 2.24) is 4.90 Å². The van der Waals surface area contributed by atoms with Crippen LogP contribution in [-0.4, -0.2) is 46.1 Å². The Morgan fingerprint density at radius 3 is 2.54 bits per heavy atom. The van der Waals surface area contributed by atoms with Crippen LogP contribution in [0, 0.1) is 0 Å². The van der Waals surface area contributed by atoms with E-state index in [2.05, 4.69) is 34.5 Å². The fourth-order valence-electron chi connectivity index (χ4n) is 3.51. The van der Waals surface area contributed by atoms with Gasteiger partial charge in [-0.15, -0.1) is 0 Å². The first kappa shape index (κ1) is 18.3. The normalized spacial score (nSPS) is 16.2. The van der Waals surface area contributed by atoms with Crippen molar-refractivity contribution in [1.29, 1.82) is 0 Å². The molecule has 1 aliphatic rings. The summed E-state index contributed by atoms with van der Waals surface area (Å²) in [4.78, 5) is 16.5. The molecule has 0 spiro atoms. The Kier molecular flexibility index (Phi) is 5.18. The maximum atomic E-state index is 12.3. The van der Waals surface area contributed by atoms with Crippen LogP contribution in [0.15, 0.2) is 36.4 Å². The van der Waals surface area contributed by atoms with Crippen molar-refractivity contribution in [3.63, 3.8) is 0 Å². The second-order valence-corrected chi connectivity index (χ2v) is 7.28. The molecule has 0 bridgehead atoms. The summed E-state index contributed by atoms with van der Waals surface area (Å²) in [7, 11) is 9.78. The zero-order valence-corrected chi connectivity index (χ0v) is 16.2. The van der Waals surface area contributed by atoms with E-state index < -0.39 is 0 Å². The summed E-state index contributed by atoms with van der Waals surface area (Å²) < 4.78 is 5.51. The zero-order chi connectivity index (χ0) is 18.8. The van der Waals surface area contributed by atoms with Gasteiger partial charge in [0.2, 0.25) is 5.91 Å². The summed E-state index contributed by atoms with van der Waals surface area (Å²) in [5.41, 5.74) is 5.43. The fourth-order valence-corrected chi connectivity index (χ4v) is 3.51. The van der Waals surface area contributed by atoms with E-state index in [4.69, 9.17) is 4.74 Å². The number of carbonyl (C=O) groups excluding carboxylic acids is 1. The van der Waals surface area contributed by atoms with Gasteiger partial charge in [0.25, 0.3) is 0 Å². The molecule has 1 heterocycles. The molecule has 2 aromatic carbocycles. The standard InChI is InChI=1S/C21H27N3O2/c1-23(2)13-15-10-14(6-9-20(15)26-5)18-12-21(25)22-19-11-16(24(3)4)7-8-17(18)19/h6-11,18H,12-13H2,1-5H3,(H,22,25). The molecule has 2 aromatic rings. The largest absolute Gasteiger partial charge is 0.496 e. The number of benzene rings is 2. The zero-order valence-electron chi connectivity index (χ0n) is 16.2. The molecule has 0 aliphatic carbocycles. The van der Waals surface area contributed by atoms with E-state index in [1.54, 1.807) is 7.11 Å². The van der Waals surface area contributed by atoms with Crippen LogP contribution in [-0.2, 0) is 11.3 Å². The van der Waals surface area contributed by atoms with Gasteiger partial charge in [0.05, 0.1) is 7.11 Å². The van der Waals surface area contributed by atoms with Crippen LogP contribution in [0.4, 0.5) is 11.4 Å². The average Bonchev–Trinajstić information content (AvgIpc) is 2.59. The van der Waals surface area contributed by atoms with Gasteiger partial charge < -0.3 is 19.9 Å². The lowest BCUT2D eigenvalue weighted by molar-refractivity contribution is -0.116. The van der Waals surface area contributed by atoms with Crippen LogP contribution >= 0.6 is 0 Å². The number of hydrogen-bond acceptors (Lipinski definition) is 4. The number of hydrogen-bond donors (Lipinski definition) is 1. The molecule has 3 rings (SSSR count). The Morgan fingerprint density at radius 2 is 1.88 bits per heavy atom. The van der Waals surface area contributed by atoms with Gasteiger partial charge in [-0.25, -0.2) is 0 Å². The third-order valence-corrected chi connectivity index (χ3v) is 4.79. The average molecular weight is 353 g/mol. The highest BCUT2D eigenvalue weighted by Gasteiger charge is 2.27. The lowest BCUT2D eigenvalue weighted by Gasteiger charge is -2.28. The number of nitrogens with zero attached hydrogens (tertiary/aromatic N) is 2. The number of anilines is 2. The minimum absolute atomic E-state index is 0.0572. The van der Waals surface area contributed by atoms with Crippen molar-refractivity contribution in [2.24, 2.45) is 0 Å². The molecular weight excluding hydrogens is 326 g/mol. The van der Waals surface area contributed by atoms with Gasteiger partial charge in [0.15, 0.2) is 0 Å². The molecule has 1 amide bonds. The summed E-state index contributed by atoms with van der Waals surface area (Å²) in [6, 6.07) is 12.5. The summed E-state index contributed by atoms with van der Waals surface area (Å²) >= 11 is 0. The van der Waals surface area contributed by atoms with Crippen molar-refractivity contribution in [2.45, 2.75) is 18.9 Å². The van der Waals surface area contributed by atoms with Crippen LogP contribution in [0.3, 0.4) is 0 Å². The van der Waals surface area contributed by atoms with Crippen LogP contribution < -0.4 is 15.0 Å². The molecule has 0 saturated heterocycles. The first-order valence-corrected chi connectivity index (χ1v) is 8.81. The Bertz CT molecular complexity index is 815. The van der Waals surface area contributed by atoms with E-state index >= 15 is 0 Å². The highest BCUT2D eigenvalue weighted by atomic mass is 16.5. The van der Waals surface area contributed by atoms with Gasteiger partial charge in [-0.05, 0) is 43.4 Å². The van der Waals surface area contributed by atoms with E-state index in [0.29, 0.717) is 6.42 Å². The molecule has 0 radical (unpaired) electrons. The first-order chi connectivity index (χ1) is 12.4. The minimum atomic E-state index is 0.0572. The SMILES string of the molecule is COc1ccc(C2CC(=O)Nc3cc(N(C)C)ccc32)cc1CN(C)C. The maximum Gasteiger partial charge on any atom is 0.225 e. The molecule has 26 heavy (non-hydrogen) atoms. The van der Waals surface area contributed by atoms with Crippen LogP contribution in [0.2, 0.25) is 0 Å². The summed E-state index contributed by atoms with van der Waals surface area (Å²) in [6.07, 6.45) is 0.460.